The van der Waals surface area contributed by atoms with E-state index >= 15 is 0 Å². The Morgan fingerprint density at radius 1 is 1.36 bits per heavy atom. The Morgan fingerprint density at radius 3 is 2.73 bits per heavy atom. The second-order valence-corrected chi connectivity index (χ2v) is 6.27. The zero-order valence-electron chi connectivity index (χ0n) is 13.3. The highest BCUT2D eigenvalue weighted by Crippen LogP contribution is 2.22. The van der Waals surface area contributed by atoms with Gasteiger partial charge < -0.3 is 24.5 Å². The molecule has 0 aliphatic heterocycles. The Hall–Kier alpha value is -2.02. The number of methoxy groups -OCH3 is 1. The Labute approximate surface area is 129 Å². The number of amides is 1. The van der Waals surface area contributed by atoms with E-state index in [0.29, 0.717) is 17.9 Å². The molecule has 122 valence electrons. The van der Waals surface area contributed by atoms with Crippen LogP contribution in [-0.2, 0) is 16.0 Å². The molecular formula is C15H22N2O5. The first-order chi connectivity index (χ1) is 10.3. The van der Waals surface area contributed by atoms with E-state index in [4.69, 9.17) is 9.15 Å². The van der Waals surface area contributed by atoms with Gasteiger partial charge in [-0.3, -0.25) is 0 Å². The van der Waals surface area contributed by atoms with E-state index in [1.54, 1.807) is 6.07 Å². The summed E-state index contributed by atoms with van der Waals surface area (Å²) in [7, 11) is 1.32. The van der Waals surface area contributed by atoms with Crippen LogP contribution in [-0.4, -0.2) is 36.9 Å². The molecule has 2 atom stereocenters. The van der Waals surface area contributed by atoms with Crippen molar-refractivity contribution < 1.29 is 23.5 Å². The van der Waals surface area contributed by atoms with Crippen LogP contribution in [0.4, 0.5) is 4.79 Å². The number of furan rings is 1. The summed E-state index contributed by atoms with van der Waals surface area (Å²) in [6.45, 7) is 5.95. The molecule has 0 bridgehead atoms. The summed E-state index contributed by atoms with van der Waals surface area (Å²) >= 11 is 0. The van der Waals surface area contributed by atoms with Crippen LogP contribution in [0.3, 0.4) is 0 Å². The summed E-state index contributed by atoms with van der Waals surface area (Å²) < 4.78 is 15.1. The van der Waals surface area contributed by atoms with Gasteiger partial charge in [0.2, 0.25) is 0 Å². The molecule has 0 radical (unpaired) electrons. The number of ether oxygens (including phenoxy) is 2. The Balaban J connectivity index is 1.70. The summed E-state index contributed by atoms with van der Waals surface area (Å²) in [6, 6.07) is 1.88. The molecule has 2 N–H and O–H groups in total. The number of rotatable bonds is 5. The highest BCUT2D eigenvalue weighted by Gasteiger charge is 2.39. The molecule has 1 saturated carbocycles. The Morgan fingerprint density at radius 2 is 2.09 bits per heavy atom. The molecule has 1 aromatic heterocycles. The van der Waals surface area contributed by atoms with Gasteiger partial charge in [-0.1, -0.05) is 0 Å². The summed E-state index contributed by atoms with van der Waals surface area (Å²) in [5.74, 6) is 0.217. The van der Waals surface area contributed by atoms with Crippen LogP contribution >= 0.6 is 0 Å². The van der Waals surface area contributed by atoms with Gasteiger partial charge in [0, 0.05) is 12.1 Å². The third-order valence-electron chi connectivity index (χ3n) is 3.11. The van der Waals surface area contributed by atoms with E-state index < -0.39 is 17.7 Å². The zero-order valence-corrected chi connectivity index (χ0v) is 13.3. The molecule has 0 aromatic carbocycles. The van der Waals surface area contributed by atoms with E-state index in [-0.39, 0.29) is 12.1 Å². The predicted octanol–water partition coefficient (Wildman–Crippen LogP) is 1.82. The molecule has 1 amide bonds. The molecule has 2 unspecified atom stereocenters. The van der Waals surface area contributed by atoms with E-state index in [2.05, 4.69) is 15.4 Å². The molecule has 7 nitrogen and oxygen atoms in total. The van der Waals surface area contributed by atoms with Gasteiger partial charge >= 0.3 is 12.1 Å². The third-order valence-corrected chi connectivity index (χ3v) is 3.11. The highest BCUT2D eigenvalue weighted by atomic mass is 16.6. The lowest BCUT2D eigenvalue weighted by molar-refractivity contribution is 0.0520. The van der Waals surface area contributed by atoms with Crippen molar-refractivity contribution in [3.8, 4) is 0 Å². The van der Waals surface area contributed by atoms with Crippen LogP contribution in [0, 0.1) is 0 Å². The number of carbonyl (C=O) groups is 2. The van der Waals surface area contributed by atoms with Crippen molar-refractivity contribution in [3.63, 3.8) is 0 Å². The summed E-state index contributed by atoms with van der Waals surface area (Å²) in [5.41, 5.74) is -0.112. The minimum Gasteiger partial charge on any atom is -0.467 e. The summed E-state index contributed by atoms with van der Waals surface area (Å²) in [6.07, 6.45) is 1.79. The fraction of sp³-hybridized carbons (Fsp3) is 0.600. The van der Waals surface area contributed by atoms with Crippen LogP contribution in [0.2, 0.25) is 0 Å². The molecule has 1 heterocycles. The molecule has 0 saturated heterocycles. The van der Waals surface area contributed by atoms with E-state index in [0.717, 1.165) is 6.42 Å². The van der Waals surface area contributed by atoms with E-state index in [1.165, 1.54) is 13.4 Å². The highest BCUT2D eigenvalue weighted by molar-refractivity contribution is 5.88. The van der Waals surface area contributed by atoms with Crippen LogP contribution < -0.4 is 10.6 Å². The summed E-state index contributed by atoms with van der Waals surface area (Å²) in [4.78, 5) is 22.9. The number of carbonyl (C=O) groups excluding carboxylic acids is 2. The molecule has 7 heteroatoms. The van der Waals surface area contributed by atoms with Gasteiger partial charge in [-0.2, -0.15) is 0 Å². The lowest BCUT2D eigenvalue weighted by Gasteiger charge is -2.19. The third kappa shape index (κ3) is 4.77. The van der Waals surface area contributed by atoms with E-state index in [1.807, 2.05) is 20.8 Å². The SMILES string of the molecule is COC(=O)c1coc(CNC2CC2NC(=O)OC(C)(C)C)c1. The first-order valence-corrected chi connectivity index (χ1v) is 7.17. The van der Waals surface area contributed by atoms with Crippen molar-refractivity contribution in [2.75, 3.05) is 7.11 Å². The van der Waals surface area contributed by atoms with Gasteiger partial charge in [-0.25, -0.2) is 9.59 Å². The molecular weight excluding hydrogens is 288 g/mol. The number of hydrogen-bond donors (Lipinski definition) is 2. The van der Waals surface area contributed by atoms with E-state index in [9.17, 15) is 9.59 Å². The topological polar surface area (TPSA) is 89.8 Å². The van der Waals surface area contributed by atoms with Crippen molar-refractivity contribution in [3.05, 3.63) is 23.7 Å². The molecule has 2 rings (SSSR count). The first-order valence-electron chi connectivity index (χ1n) is 7.17. The monoisotopic (exact) mass is 310 g/mol. The van der Waals surface area contributed by atoms with Crippen molar-refractivity contribution in [2.24, 2.45) is 0 Å². The lowest BCUT2D eigenvalue weighted by atomic mass is 10.2. The smallest absolute Gasteiger partial charge is 0.407 e. The Kier molecular flexibility index (Phi) is 4.75. The van der Waals surface area contributed by atoms with Crippen LogP contribution in [0.15, 0.2) is 16.7 Å². The maximum Gasteiger partial charge on any atom is 0.407 e. The number of esters is 1. The maximum absolute atomic E-state index is 11.6. The minimum atomic E-state index is -0.500. The van der Waals surface area contributed by atoms with Crippen molar-refractivity contribution in [1.82, 2.24) is 10.6 Å². The summed E-state index contributed by atoms with van der Waals surface area (Å²) in [5, 5.41) is 6.05. The van der Waals surface area contributed by atoms with Crippen LogP contribution in [0.5, 0.6) is 0 Å². The van der Waals surface area contributed by atoms with Crippen molar-refractivity contribution in [1.29, 1.82) is 0 Å². The zero-order chi connectivity index (χ0) is 16.3. The van der Waals surface area contributed by atoms with Gasteiger partial charge in [0.25, 0.3) is 0 Å². The average Bonchev–Trinajstić information content (AvgIpc) is 2.97. The largest absolute Gasteiger partial charge is 0.467 e. The molecule has 1 aliphatic rings. The van der Waals surface area contributed by atoms with Gasteiger partial charge in [0.1, 0.15) is 17.6 Å². The number of hydrogen-bond acceptors (Lipinski definition) is 6. The van der Waals surface area contributed by atoms with Crippen LogP contribution in [0.25, 0.3) is 0 Å². The van der Waals surface area contributed by atoms with Gasteiger partial charge in [-0.05, 0) is 33.3 Å². The number of nitrogens with one attached hydrogen (secondary N) is 2. The fourth-order valence-corrected chi connectivity index (χ4v) is 1.97. The lowest BCUT2D eigenvalue weighted by Crippen LogP contribution is -2.36. The molecule has 0 spiro atoms. The normalized spacial score (nSPS) is 20.4. The number of alkyl carbamates (subject to hydrolysis) is 1. The fourth-order valence-electron chi connectivity index (χ4n) is 1.97. The van der Waals surface area contributed by atoms with Gasteiger partial charge in [0.15, 0.2) is 0 Å². The van der Waals surface area contributed by atoms with Crippen molar-refractivity contribution in [2.45, 2.75) is 51.4 Å². The van der Waals surface area contributed by atoms with Gasteiger partial charge in [-0.15, -0.1) is 0 Å². The molecule has 1 fully saturated rings. The molecule has 1 aromatic rings. The first kappa shape index (κ1) is 16.4. The predicted molar refractivity (Wildman–Crippen MR) is 78.4 cm³/mol. The minimum absolute atomic E-state index is 0.0601. The van der Waals surface area contributed by atoms with Gasteiger partial charge in [0.05, 0.1) is 19.2 Å². The molecule has 1 aliphatic carbocycles. The second-order valence-electron chi connectivity index (χ2n) is 6.27. The Bertz CT molecular complexity index is 546. The van der Waals surface area contributed by atoms with Crippen molar-refractivity contribution >= 4 is 12.1 Å². The molecule has 22 heavy (non-hydrogen) atoms. The second kappa shape index (κ2) is 6.39. The average molecular weight is 310 g/mol. The van der Waals surface area contributed by atoms with Crippen LogP contribution in [0.1, 0.15) is 43.3 Å². The standard InChI is InChI=1S/C15H22N2O5/c1-15(2,3)22-14(19)17-12-6-11(12)16-7-10-5-9(8-21-10)13(18)20-4/h5,8,11-12,16H,6-7H2,1-4H3,(H,17,19). The quantitative estimate of drug-likeness (QED) is 0.806. The maximum atomic E-state index is 11.6.